The topological polar surface area (TPSA) is 172 Å². The van der Waals surface area contributed by atoms with Crippen molar-refractivity contribution < 1.29 is 47.5 Å². The summed E-state index contributed by atoms with van der Waals surface area (Å²) in [6.45, 7) is 2.59. The number of carboxylic acid groups (broad SMARTS) is 1. The first-order valence-electron chi connectivity index (χ1n) is 21.0. The summed E-state index contributed by atoms with van der Waals surface area (Å²) in [6.07, 6.45) is 45.4. The SMILES string of the molecule is CC/C=C\C/C=C\C/C=C\CCCCCC(=O)OCC(COP(=O)(O)OCC(N)C(=O)O)OC(=O)CCCCCCCC/C=C\C/C=C\C/C=C\CCCCC. The van der Waals surface area contributed by atoms with E-state index in [9.17, 15) is 23.8 Å². The molecular formula is C44H74NO10P. The number of carboxylic acids is 1. The Morgan fingerprint density at radius 2 is 1.00 bits per heavy atom. The van der Waals surface area contributed by atoms with E-state index in [0.717, 1.165) is 89.9 Å². The van der Waals surface area contributed by atoms with Crippen LogP contribution in [0.3, 0.4) is 0 Å². The zero-order chi connectivity index (χ0) is 41.4. The molecule has 0 aromatic rings. The Morgan fingerprint density at radius 3 is 1.52 bits per heavy atom. The number of unbranched alkanes of at least 4 members (excludes halogenated alkanes) is 12. The molecule has 3 atom stereocenters. The van der Waals surface area contributed by atoms with Crippen molar-refractivity contribution >= 4 is 25.7 Å². The number of carbonyl (C=O) groups excluding carboxylic acids is 2. The third-order valence-corrected chi connectivity index (χ3v) is 9.39. The van der Waals surface area contributed by atoms with Crippen molar-refractivity contribution in [3.8, 4) is 0 Å². The number of phosphoric ester groups is 1. The van der Waals surface area contributed by atoms with Gasteiger partial charge in [0.1, 0.15) is 12.6 Å². The van der Waals surface area contributed by atoms with Crippen LogP contribution in [0.4, 0.5) is 0 Å². The monoisotopic (exact) mass is 808 g/mol. The lowest BCUT2D eigenvalue weighted by molar-refractivity contribution is -0.161. The van der Waals surface area contributed by atoms with E-state index in [2.05, 4.69) is 91.3 Å². The Kier molecular flexibility index (Phi) is 36.6. The minimum Gasteiger partial charge on any atom is -0.480 e. The van der Waals surface area contributed by atoms with Crippen LogP contribution in [0.25, 0.3) is 0 Å². The average Bonchev–Trinajstić information content (AvgIpc) is 3.17. The van der Waals surface area contributed by atoms with Gasteiger partial charge in [0.2, 0.25) is 0 Å². The molecule has 0 aliphatic carbocycles. The lowest BCUT2D eigenvalue weighted by Crippen LogP contribution is -2.34. The Labute approximate surface area is 338 Å². The molecular weight excluding hydrogens is 733 g/mol. The maximum atomic E-state index is 12.6. The van der Waals surface area contributed by atoms with Crippen molar-refractivity contribution in [1.82, 2.24) is 0 Å². The van der Waals surface area contributed by atoms with Crippen molar-refractivity contribution in [2.75, 3.05) is 19.8 Å². The number of carbonyl (C=O) groups is 3. The van der Waals surface area contributed by atoms with Gasteiger partial charge in [-0.2, -0.15) is 0 Å². The lowest BCUT2D eigenvalue weighted by Gasteiger charge is -2.20. The first-order chi connectivity index (χ1) is 27.1. The number of nitrogens with two attached hydrogens (primary N) is 1. The van der Waals surface area contributed by atoms with Crippen LogP contribution in [0, 0.1) is 0 Å². The van der Waals surface area contributed by atoms with Crippen LogP contribution < -0.4 is 5.73 Å². The third-order valence-electron chi connectivity index (χ3n) is 8.44. The fraction of sp³-hybridized carbons (Fsp3) is 0.659. The zero-order valence-corrected chi connectivity index (χ0v) is 35.3. The van der Waals surface area contributed by atoms with Gasteiger partial charge in [-0.05, 0) is 83.5 Å². The average molecular weight is 808 g/mol. The minimum absolute atomic E-state index is 0.136. The van der Waals surface area contributed by atoms with Crippen molar-refractivity contribution in [3.63, 3.8) is 0 Å². The molecule has 0 bridgehead atoms. The van der Waals surface area contributed by atoms with E-state index in [1.54, 1.807) is 0 Å². The lowest BCUT2D eigenvalue weighted by atomic mass is 10.1. The number of phosphoric acid groups is 1. The summed E-state index contributed by atoms with van der Waals surface area (Å²) >= 11 is 0. The molecule has 0 aliphatic rings. The number of ether oxygens (including phenoxy) is 2. The number of hydrogen-bond acceptors (Lipinski definition) is 9. The van der Waals surface area contributed by atoms with Crippen molar-refractivity contribution in [3.05, 3.63) is 72.9 Å². The van der Waals surface area contributed by atoms with E-state index in [0.29, 0.717) is 12.8 Å². The predicted octanol–water partition coefficient (Wildman–Crippen LogP) is 10.9. The Balaban J connectivity index is 4.45. The summed E-state index contributed by atoms with van der Waals surface area (Å²) in [7, 11) is -4.73. The number of esters is 2. The maximum Gasteiger partial charge on any atom is 0.472 e. The van der Waals surface area contributed by atoms with E-state index in [1.165, 1.54) is 25.7 Å². The fourth-order valence-corrected chi connectivity index (χ4v) is 5.92. The van der Waals surface area contributed by atoms with Gasteiger partial charge in [-0.25, -0.2) is 4.57 Å². The second kappa shape index (κ2) is 38.8. The second-order valence-electron chi connectivity index (χ2n) is 13.7. The van der Waals surface area contributed by atoms with Crippen LogP contribution in [0.1, 0.15) is 155 Å². The molecule has 0 saturated carbocycles. The van der Waals surface area contributed by atoms with Crippen LogP contribution in [-0.2, 0) is 37.5 Å². The summed E-state index contributed by atoms with van der Waals surface area (Å²) in [4.78, 5) is 45.9. The van der Waals surface area contributed by atoms with E-state index >= 15 is 0 Å². The van der Waals surface area contributed by atoms with Gasteiger partial charge in [-0.1, -0.05) is 132 Å². The van der Waals surface area contributed by atoms with Crippen molar-refractivity contribution in [2.24, 2.45) is 5.73 Å². The molecule has 12 heteroatoms. The molecule has 0 heterocycles. The van der Waals surface area contributed by atoms with Gasteiger partial charge in [0.15, 0.2) is 6.10 Å². The van der Waals surface area contributed by atoms with Gasteiger partial charge < -0.3 is 25.2 Å². The second-order valence-corrected chi connectivity index (χ2v) is 15.2. The highest BCUT2D eigenvalue weighted by atomic mass is 31.2. The summed E-state index contributed by atoms with van der Waals surface area (Å²) in [5.74, 6) is -2.44. The van der Waals surface area contributed by atoms with Crippen molar-refractivity contribution in [1.29, 1.82) is 0 Å². The Morgan fingerprint density at radius 1 is 0.571 bits per heavy atom. The van der Waals surface area contributed by atoms with Gasteiger partial charge >= 0.3 is 25.7 Å². The first kappa shape index (κ1) is 52.9. The van der Waals surface area contributed by atoms with E-state index in [1.807, 2.05) is 0 Å². The van der Waals surface area contributed by atoms with Crippen LogP contribution in [0.5, 0.6) is 0 Å². The van der Waals surface area contributed by atoms with Crippen LogP contribution in [0.15, 0.2) is 72.9 Å². The normalized spacial score (nSPS) is 14.5. The molecule has 56 heavy (non-hydrogen) atoms. The molecule has 4 N–H and O–H groups in total. The van der Waals surface area contributed by atoms with Gasteiger partial charge in [0.05, 0.1) is 13.2 Å². The molecule has 11 nitrogen and oxygen atoms in total. The van der Waals surface area contributed by atoms with E-state index in [-0.39, 0.29) is 19.4 Å². The molecule has 3 unspecified atom stereocenters. The van der Waals surface area contributed by atoms with Crippen LogP contribution in [0.2, 0.25) is 0 Å². The molecule has 0 aliphatic heterocycles. The molecule has 0 radical (unpaired) electrons. The summed E-state index contributed by atoms with van der Waals surface area (Å²) in [6, 6.07) is -1.53. The highest BCUT2D eigenvalue weighted by molar-refractivity contribution is 7.47. The van der Waals surface area contributed by atoms with Gasteiger partial charge in [-0.3, -0.25) is 23.4 Å². The van der Waals surface area contributed by atoms with Crippen LogP contribution >= 0.6 is 7.82 Å². The number of aliphatic carboxylic acids is 1. The van der Waals surface area contributed by atoms with Crippen LogP contribution in [-0.4, -0.2) is 59.9 Å². The van der Waals surface area contributed by atoms with Gasteiger partial charge in [-0.15, -0.1) is 0 Å². The maximum absolute atomic E-state index is 12.6. The predicted molar refractivity (Wildman–Crippen MR) is 226 cm³/mol. The highest BCUT2D eigenvalue weighted by Crippen LogP contribution is 2.43. The minimum atomic E-state index is -4.73. The standard InChI is InChI=1S/C44H74NO10P/c1-3-5-7-9-11-13-15-17-18-19-20-21-22-24-26-28-30-32-34-36-43(47)55-40(38-53-56(50,51)54-39-41(45)44(48)49)37-52-42(46)35-33-31-29-27-25-23-16-14-12-10-8-6-4-2/h6,8,11-14,17-18,20-21,23,25,40-41H,3-5,7,9-10,15-16,19,22,24,26-39,45H2,1-2H3,(H,48,49)(H,50,51)/b8-6-,13-11-,14-12-,18-17-,21-20-,25-23-. The quantitative estimate of drug-likeness (QED) is 0.0235. The zero-order valence-electron chi connectivity index (χ0n) is 34.4. The molecule has 0 rings (SSSR count). The van der Waals surface area contributed by atoms with E-state index < -0.39 is 51.1 Å². The Bertz CT molecular complexity index is 1230. The number of hydrogen-bond donors (Lipinski definition) is 3. The molecule has 0 saturated heterocycles. The first-order valence-corrected chi connectivity index (χ1v) is 22.5. The molecule has 0 aromatic carbocycles. The smallest absolute Gasteiger partial charge is 0.472 e. The fourth-order valence-electron chi connectivity index (χ4n) is 5.14. The molecule has 0 fully saturated rings. The van der Waals surface area contributed by atoms with Gasteiger partial charge in [0.25, 0.3) is 0 Å². The number of allylic oxidation sites excluding steroid dienone is 12. The summed E-state index contributed by atoms with van der Waals surface area (Å²) in [5, 5.41) is 8.88. The Hall–Kier alpha value is -3.08. The number of rotatable bonds is 38. The molecule has 0 amide bonds. The van der Waals surface area contributed by atoms with Gasteiger partial charge in [0, 0.05) is 12.8 Å². The largest absolute Gasteiger partial charge is 0.480 e. The highest BCUT2D eigenvalue weighted by Gasteiger charge is 2.28. The van der Waals surface area contributed by atoms with E-state index in [4.69, 9.17) is 24.8 Å². The summed E-state index contributed by atoms with van der Waals surface area (Å²) in [5.41, 5.74) is 5.32. The molecule has 0 aromatic heterocycles. The summed E-state index contributed by atoms with van der Waals surface area (Å²) < 4.78 is 32.6. The third kappa shape index (κ3) is 37.8. The molecule has 320 valence electrons. The molecule has 0 spiro atoms. The van der Waals surface area contributed by atoms with Crippen molar-refractivity contribution in [2.45, 2.75) is 167 Å².